The molecule has 2 aromatic rings. The Labute approximate surface area is 202 Å². The third-order valence-electron chi connectivity index (χ3n) is 6.17. The van der Waals surface area contributed by atoms with Gasteiger partial charge in [-0.05, 0) is 31.4 Å². The molecule has 0 spiro atoms. The standard InChI is InChI=1S/C23H32N6O6/c1-12(31)19(20(25)32)28-21(33)17(9-13-10-26-16-6-3-2-5-14(13)16)27-22(34)18-7-4-8-29(18)23(35)15(24)11-30/h2-3,5-6,10,12,15,17-19,26,30-31H,4,7-9,11,24H2,1H3,(H2,25,32)(H,27,34)(H,28,33)/t12-,15+,17+,18+,19+/m1/s1. The maximum Gasteiger partial charge on any atom is 0.243 e. The van der Waals surface area contributed by atoms with E-state index in [-0.39, 0.29) is 6.42 Å². The highest BCUT2D eigenvalue weighted by molar-refractivity contribution is 5.95. The van der Waals surface area contributed by atoms with E-state index in [9.17, 15) is 29.4 Å². The van der Waals surface area contributed by atoms with Crippen LogP contribution in [0.1, 0.15) is 25.3 Å². The van der Waals surface area contributed by atoms with Crippen LogP contribution in [-0.4, -0.2) is 87.1 Å². The quantitative estimate of drug-likeness (QED) is 0.197. The first-order valence-corrected chi connectivity index (χ1v) is 11.4. The number of hydrogen-bond donors (Lipinski definition) is 7. The summed E-state index contributed by atoms with van der Waals surface area (Å²) < 4.78 is 0. The number of nitrogens with zero attached hydrogens (tertiary/aromatic N) is 1. The zero-order chi connectivity index (χ0) is 25.7. The van der Waals surface area contributed by atoms with Crippen molar-refractivity contribution in [2.45, 2.75) is 56.5 Å². The minimum Gasteiger partial charge on any atom is -0.394 e. The molecule has 1 fully saturated rings. The first-order chi connectivity index (χ1) is 16.6. The number of carbonyl (C=O) groups excluding carboxylic acids is 4. The third kappa shape index (κ3) is 5.96. The van der Waals surface area contributed by atoms with E-state index in [4.69, 9.17) is 11.5 Å². The number of para-hydroxylation sites is 1. The molecule has 2 heterocycles. The first-order valence-electron chi connectivity index (χ1n) is 11.4. The molecular weight excluding hydrogens is 456 g/mol. The van der Waals surface area contributed by atoms with Crippen molar-refractivity contribution < 1.29 is 29.4 Å². The van der Waals surface area contributed by atoms with E-state index in [2.05, 4.69) is 15.6 Å². The molecule has 0 radical (unpaired) electrons. The Morgan fingerprint density at radius 1 is 1.23 bits per heavy atom. The molecular formula is C23H32N6O6. The number of benzene rings is 1. The van der Waals surface area contributed by atoms with Crippen LogP contribution < -0.4 is 22.1 Å². The number of aliphatic hydroxyl groups is 2. The summed E-state index contributed by atoms with van der Waals surface area (Å²) in [7, 11) is 0. The highest BCUT2D eigenvalue weighted by Crippen LogP contribution is 2.21. The molecule has 35 heavy (non-hydrogen) atoms. The van der Waals surface area contributed by atoms with Gasteiger partial charge in [-0.1, -0.05) is 18.2 Å². The Morgan fingerprint density at radius 2 is 1.94 bits per heavy atom. The Balaban J connectivity index is 1.84. The molecule has 0 unspecified atom stereocenters. The molecule has 190 valence electrons. The van der Waals surface area contributed by atoms with Crippen LogP contribution in [0.3, 0.4) is 0 Å². The van der Waals surface area contributed by atoms with Crippen LogP contribution in [-0.2, 0) is 25.6 Å². The molecule has 1 aliphatic rings. The zero-order valence-electron chi connectivity index (χ0n) is 19.4. The molecule has 12 heteroatoms. The normalized spacial score (nSPS) is 19.1. The molecule has 0 saturated carbocycles. The summed E-state index contributed by atoms with van der Waals surface area (Å²) in [5.41, 5.74) is 12.6. The lowest BCUT2D eigenvalue weighted by molar-refractivity contribution is -0.141. The second-order valence-electron chi connectivity index (χ2n) is 8.73. The number of aromatic nitrogens is 1. The van der Waals surface area contributed by atoms with Crippen molar-refractivity contribution in [1.82, 2.24) is 20.5 Å². The predicted molar refractivity (Wildman–Crippen MR) is 127 cm³/mol. The smallest absolute Gasteiger partial charge is 0.243 e. The van der Waals surface area contributed by atoms with Gasteiger partial charge < -0.3 is 42.2 Å². The average Bonchev–Trinajstić information content (AvgIpc) is 3.48. The fourth-order valence-corrected chi connectivity index (χ4v) is 4.28. The van der Waals surface area contributed by atoms with E-state index < -0.39 is 60.5 Å². The molecule has 12 nitrogen and oxygen atoms in total. The Kier molecular flexibility index (Phi) is 8.43. The summed E-state index contributed by atoms with van der Waals surface area (Å²) in [4.78, 5) is 55.0. The first kappa shape index (κ1) is 26.1. The number of aromatic amines is 1. The van der Waals surface area contributed by atoms with Crippen LogP contribution in [0.4, 0.5) is 0 Å². The highest BCUT2D eigenvalue weighted by atomic mass is 16.3. The van der Waals surface area contributed by atoms with Gasteiger partial charge in [0.2, 0.25) is 23.6 Å². The molecule has 4 amide bonds. The lowest BCUT2D eigenvalue weighted by atomic mass is 10.0. The zero-order valence-corrected chi connectivity index (χ0v) is 19.4. The Morgan fingerprint density at radius 3 is 2.60 bits per heavy atom. The molecule has 0 bridgehead atoms. The van der Waals surface area contributed by atoms with Crippen molar-refractivity contribution in [3.63, 3.8) is 0 Å². The van der Waals surface area contributed by atoms with Crippen molar-refractivity contribution in [2.24, 2.45) is 11.5 Å². The van der Waals surface area contributed by atoms with E-state index in [1.807, 2.05) is 24.3 Å². The van der Waals surface area contributed by atoms with Crippen molar-refractivity contribution in [1.29, 1.82) is 0 Å². The second kappa shape index (κ2) is 11.3. The average molecular weight is 489 g/mol. The fraction of sp³-hybridized carbons (Fsp3) is 0.478. The number of rotatable bonds is 10. The summed E-state index contributed by atoms with van der Waals surface area (Å²) in [5, 5.41) is 25.0. The lowest BCUT2D eigenvalue weighted by Crippen LogP contribution is -2.59. The number of amides is 4. The van der Waals surface area contributed by atoms with Gasteiger partial charge in [-0.2, -0.15) is 0 Å². The van der Waals surface area contributed by atoms with E-state index >= 15 is 0 Å². The van der Waals surface area contributed by atoms with E-state index in [0.29, 0.717) is 19.4 Å². The SMILES string of the molecule is C[C@@H](O)[C@H](NC(=O)[C@H](Cc1c[nH]c2ccccc12)NC(=O)[C@@H]1CCCN1C(=O)[C@@H](N)CO)C(N)=O. The van der Waals surface area contributed by atoms with Crippen LogP contribution in [0.25, 0.3) is 10.9 Å². The molecule has 3 rings (SSSR count). The minimum absolute atomic E-state index is 0.0731. The molecule has 1 aromatic heterocycles. The Hall–Kier alpha value is -3.48. The summed E-state index contributed by atoms with van der Waals surface area (Å²) >= 11 is 0. The number of nitrogens with two attached hydrogens (primary N) is 2. The van der Waals surface area contributed by atoms with Gasteiger partial charge in [-0.25, -0.2) is 0 Å². The largest absolute Gasteiger partial charge is 0.394 e. The number of nitrogens with one attached hydrogen (secondary N) is 3. The van der Waals surface area contributed by atoms with Gasteiger partial charge in [0.15, 0.2) is 0 Å². The number of carbonyl (C=O) groups is 4. The van der Waals surface area contributed by atoms with Crippen molar-refractivity contribution in [3.8, 4) is 0 Å². The number of likely N-dealkylation sites (tertiary alicyclic amines) is 1. The number of fused-ring (bicyclic) bond motifs is 1. The van der Waals surface area contributed by atoms with Crippen molar-refractivity contribution in [2.75, 3.05) is 13.2 Å². The number of primary amides is 1. The van der Waals surface area contributed by atoms with Crippen LogP contribution >= 0.6 is 0 Å². The maximum absolute atomic E-state index is 13.2. The molecule has 1 saturated heterocycles. The van der Waals surface area contributed by atoms with E-state index in [1.165, 1.54) is 11.8 Å². The van der Waals surface area contributed by atoms with Crippen LogP contribution in [0.2, 0.25) is 0 Å². The van der Waals surface area contributed by atoms with Crippen LogP contribution in [0.5, 0.6) is 0 Å². The van der Waals surface area contributed by atoms with Gasteiger partial charge >= 0.3 is 0 Å². The van der Waals surface area contributed by atoms with Gasteiger partial charge in [-0.3, -0.25) is 19.2 Å². The Bertz CT molecular complexity index is 1090. The lowest BCUT2D eigenvalue weighted by Gasteiger charge is -2.28. The number of hydrogen-bond acceptors (Lipinski definition) is 7. The van der Waals surface area contributed by atoms with Gasteiger partial charge in [0.1, 0.15) is 24.2 Å². The molecule has 0 aliphatic carbocycles. The predicted octanol–water partition coefficient (Wildman–Crippen LogP) is -2.14. The number of aliphatic hydroxyl groups excluding tert-OH is 2. The summed E-state index contributed by atoms with van der Waals surface area (Å²) in [6, 6.07) is 2.96. The summed E-state index contributed by atoms with van der Waals surface area (Å²) in [5.74, 6) is -2.74. The maximum atomic E-state index is 13.2. The number of H-pyrrole nitrogens is 1. The molecule has 9 N–H and O–H groups in total. The van der Waals surface area contributed by atoms with Gasteiger partial charge in [0, 0.05) is 30.1 Å². The highest BCUT2D eigenvalue weighted by Gasteiger charge is 2.38. The van der Waals surface area contributed by atoms with Crippen molar-refractivity contribution >= 4 is 34.5 Å². The van der Waals surface area contributed by atoms with Gasteiger partial charge in [0.05, 0.1) is 12.7 Å². The minimum atomic E-state index is -1.35. The molecule has 1 aromatic carbocycles. The third-order valence-corrected chi connectivity index (χ3v) is 6.17. The van der Waals surface area contributed by atoms with Crippen molar-refractivity contribution in [3.05, 3.63) is 36.0 Å². The molecule has 5 atom stereocenters. The second-order valence-corrected chi connectivity index (χ2v) is 8.73. The van der Waals surface area contributed by atoms with Gasteiger partial charge in [-0.15, -0.1) is 0 Å². The summed E-state index contributed by atoms with van der Waals surface area (Å²) in [6.07, 6.45) is 1.48. The van der Waals surface area contributed by atoms with Gasteiger partial charge in [0.25, 0.3) is 0 Å². The summed E-state index contributed by atoms with van der Waals surface area (Å²) in [6.45, 7) is 1.06. The van der Waals surface area contributed by atoms with E-state index in [0.717, 1.165) is 16.5 Å². The topological polar surface area (TPSA) is 204 Å². The van der Waals surface area contributed by atoms with Crippen LogP contribution in [0.15, 0.2) is 30.5 Å². The van der Waals surface area contributed by atoms with Crippen LogP contribution in [0, 0.1) is 0 Å². The van der Waals surface area contributed by atoms with E-state index in [1.54, 1.807) is 6.20 Å². The fourth-order valence-electron chi connectivity index (χ4n) is 4.28. The monoisotopic (exact) mass is 488 g/mol. The molecule has 1 aliphatic heterocycles.